The molecule has 1 N–H and O–H groups in total. The van der Waals surface area contributed by atoms with Crippen molar-refractivity contribution in [3.05, 3.63) is 23.8 Å². The lowest BCUT2D eigenvalue weighted by molar-refractivity contribution is -0.127. The number of anilines is 2. The number of carbonyl (C=O) groups is 1. The summed E-state index contributed by atoms with van der Waals surface area (Å²) < 4.78 is 38.5. The lowest BCUT2D eigenvalue weighted by Gasteiger charge is -2.33. The molecule has 2 aliphatic rings. The summed E-state index contributed by atoms with van der Waals surface area (Å²) in [6.07, 6.45) is 1.24. The number of benzene rings is 1. The average Bonchev–Trinajstić information content (AvgIpc) is 2.58. The molecule has 0 aromatic heterocycles. The highest BCUT2D eigenvalue weighted by Crippen LogP contribution is 2.32. The van der Waals surface area contributed by atoms with Gasteiger partial charge in [-0.15, -0.1) is 0 Å². The molecule has 2 fully saturated rings. The molecule has 0 bridgehead atoms. The van der Waals surface area contributed by atoms with Gasteiger partial charge in [-0.3, -0.25) is 4.79 Å². The Hall–Kier alpha value is -1.73. The normalized spacial score (nSPS) is 27.2. The molecule has 0 aliphatic carbocycles. The first kappa shape index (κ1) is 18.1. The second-order valence-electron chi connectivity index (χ2n) is 6.80. The Morgan fingerprint density at radius 3 is 2.36 bits per heavy atom. The zero-order valence-electron chi connectivity index (χ0n) is 14.6. The molecule has 0 radical (unpaired) electrons. The smallest absolute Gasteiger partial charge is 0.227 e. The van der Waals surface area contributed by atoms with Crippen LogP contribution in [-0.2, 0) is 14.3 Å². The highest BCUT2D eigenvalue weighted by Gasteiger charge is 2.30. The summed E-state index contributed by atoms with van der Waals surface area (Å²) in [5.41, 5.74) is 0.793. The summed E-state index contributed by atoms with van der Waals surface area (Å²) in [6.45, 7) is 6.04. The summed E-state index contributed by atoms with van der Waals surface area (Å²) in [7, 11) is 0. The van der Waals surface area contributed by atoms with E-state index in [4.69, 9.17) is 9.47 Å². The van der Waals surface area contributed by atoms with Gasteiger partial charge in [0.1, 0.15) is 0 Å². The first-order valence-electron chi connectivity index (χ1n) is 8.72. The van der Waals surface area contributed by atoms with Gasteiger partial charge in [0.05, 0.1) is 36.8 Å². The van der Waals surface area contributed by atoms with Crippen LogP contribution in [0.1, 0.15) is 26.7 Å². The Morgan fingerprint density at radius 1 is 1.12 bits per heavy atom. The minimum absolute atomic E-state index is 0.00293. The van der Waals surface area contributed by atoms with Crippen molar-refractivity contribution in [2.75, 3.05) is 36.5 Å². The SMILES string of the molecule is CC1CC(C(=O)Nc2cc(F)c(F)cc2N2CCOCC2)CC(C)O1. The Bertz CT molecular complexity index is 625. The topological polar surface area (TPSA) is 50.8 Å². The van der Waals surface area contributed by atoms with Gasteiger partial charge in [0.15, 0.2) is 11.6 Å². The number of nitrogens with zero attached hydrogens (tertiary/aromatic N) is 1. The first-order chi connectivity index (χ1) is 11.9. The van der Waals surface area contributed by atoms with Gasteiger partial charge in [0.25, 0.3) is 0 Å². The van der Waals surface area contributed by atoms with Gasteiger partial charge in [-0.05, 0) is 26.7 Å². The molecule has 25 heavy (non-hydrogen) atoms. The molecule has 3 rings (SSSR count). The Kier molecular flexibility index (Phi) is 5.54. The molecule has 2 saturated heterocycles. The van der Waals surface area contributed by atoms with Crippen molar-refractivity contribution in [2.45, 2.75) is 38.9 Å². The molecule has 2 heterocycles. The minimum atomic E-state index is -0.971. The highest BCUT2D eigenvalue weighted by atomic mass is 19.2. The van der Waals surface area contributed by atoms with Crippen molar-refractivity contribution in [1.82, 2.24) is 0 Å². The van der Waals surface area contributed by atoms with E-state index in [0.29, 0.717) is 50.5 Å². The molecule has 2 unspecified atom stereocenters. The van der Waals surface area contributed by atoms with Crippen LogP contribution in [0.2, 0.25) is 0 Å². The quantitative estimate of drug-likeness (QED) is 0.907. The van der Waals surface area contributed by atoms with Crippen molar-refractivity contribution in [3.63, 3.8) is 0 Å². The maximum Gasteiger partial charge on any atom is 0.227 e. The molecular formula is C18H24F2N2O3. The molecule has 2 aliphatic heterocycles. The van der Waals surface area contributed by atoms with E-state index in [1.54, 1.807) is 0 Å². The van der Waals surface area contributed by atoms with Gasteiger partial charge in [-0.25, -0.2) is 8.78 Å². The number of nitrogens with one attached hydrogen (secondary N) is 1. The standard InChI is InChI=1S/C18H24F2N2O3/c1-11-7-13(8-12(2)25-11)18(23)21-16-9-14(19)15(20)10-17(16)22-3-5-24-6-4-22/h9-13H,3-8H2,1-2H3,(H,21,23). The lowest BCUT2D eigenvalue weighted by atomic mass is 9.91. The number of hydrogen-bond acceptors (Lipinski definition) is 4. The third kappa shape index (κ3) is 4.27. The third-order valence-corrected chi connectivity index (χ3v) is 4.72. The van der Waals surface area contributed by atoms with Crippen LogP contribution in [0.5, 0.6) is 0 Å². The van der Waals surface area contributed by atoms with Crippen LogP contribution in [0.15, 0.2) is 12.1 Å². The van der Waals surface area contributed by atoms with Crippen LogP contribution in [0.25, 0.3) is 0 Å². The average molecular weight is 354 g/mol. The largest absolute Gasteiger partial charge is 0.378 e. The van der Waals surface area contributed by atoms with E-state index in [9.17, 15) is 13.6 Å². The second kappa shape index (κ2) is 7.66. The van der Waals surface area contributed by atoms with Crippen LogP contribution < -0.4 is 10.2 Å². The predicted molar refractivity (Wildman–Crippen MR) is 90.8 cm³/mol. The molecule has 7 heteroatoms. The zero-order chi connectivity index (χ0) is 18.0. The molecular weight excluding hydrogens is 330 g/mol. The molecule has 138 valence electrons. The van der Waals surface area contributed by atoms with Gasteiger partial charge in [-0.1, -0.05) is 0 Å². The summed E-state index contributed by atoms with van der Waals surface area (Å²) >= 11 is 0. The Morgan fingerprint density at radius 2 is 1.72 bits per heavy atom. The number of morpholine rings is 1. The Balaban J connectivity index is 1.80. The Labute approximate surface area is 146 Å². The van der Waals surface area contributed by atoms with E-state index < -0.39 is 11.6 Å². The third-order valence-electron chi connectivity index (χ3n) is 4.72. The zero-order valence-corrected chi connectivity index (χ0v) is 14.6. The first-order valence-corrected chi connectivity index (χ1v) is 8.72. The van der Waals surface area contributed by atoms with Crippen LogP contribution in [0.4, 0.5) is 20.2 Å². The second-order valence-corrected chi connectivity index (χ2v) is 6.80. The van der Waals surface area contributed by atoms with E-state index in [1.165, 1.54) is 0 Å². The summed E-state index contributed by atoms with van der Waals surface area (Å²) in [5.74, 6) is -2.28. The van der Waals surface area contributed by atoms with Gasteiger partial charge < -0.3 is 19.7 Å². The van der Waals surface area contributed by atoms with Crippen LogP contribution in [0, 0.1) is 17.6 Å². The molecule has 1 aromatic rings. The lowest BCUT2D eigenvalue weighted by Crippen LogP contribution is -2.38. The monoisotopic (exact) mass is 354 g/mol. The van der Waals surface area contributed by atoms with E-state index in [0.717, 1.165) is 12.1 Å². The van der Waals surface area contributed by atoms with Crippen molar-refractivity contribution >= 4 is 17.3 Å². The molecule has 1 amide bonds. The van der Waals surface area contributed by atoms with Crippen LogP contribution in [-0.4, -0.2) is 44.4 Å². The van der Waals surface area contributed by atoms with E-state index in [-0.39, 0.29) is 24.0 Å². The molecule has 0 spiro atoms. The number of ether oxygens (including phenoxy) is 2. The van der Waals surface area contributed by atoms with Crippen LogP contribution >= 0.6 is 0 Å². The van der Waals surface area contributed by atoms with Gasteiger partial charge in [0.2, 0.25) is 5.91 Å². The van der Waals surface area contributed by atoms with E-state index in [2.05, 4.69) is 5.32 Å². The van der Waals surface area contributed by atoms with Crippen molar-refractivity contribution < 1.29 is 23.0 Å². The van der Waals surface area contributed by atoms with Gasteiger partial charge in [-0.2, -0.15) is 0 Å². The molecule has 1 aromatic carbocycles. The van der Waals surface area contributed by atoms with E-state index >= 15 is 0 Å². The predicted octanol–water partition coefficient (Wildman–Crippen LogP) is 2.94. The highest BCUT2D eigenvalue weighted by molar-refractivity contribution is 5.96. The van der Waals surface area contributed by atoms with Gasteiger partial charge in [0, 0.05) is 31.1 Å². The maximum atomic E-state index is 13.8. The fraction of sp³-hybridized carbons (Fsp3) is 0.611. The number of rotatable bonds is 3. The number of halogens is 2. The van der Waals surface area contributed by atoms with Crippen molar-refractivity contribution in [1.29, 1.82) is 0 Å². The van der Waals surface area contributed by atoms with Gasteiger partial charge >= 0.3 is 0 Å². The molecule has 5 nitrogen and oxygen atoms in total. The van der Waals surface area contributed by atoms with Crippen LogP contribution in [0.3, 0.4) is 0 Å². The molecule has 0 saturated carbocycles. The maximum absolute atomic E-state index is 13.8. The van der Waals surface area contributed by atoms with Crippen molar-refractivity contribution in [3.8, 4) is 0 Å². The fourth-order valence-electron chi connectivity index (χ4n) is 3.56. The fourth-order valence-corrected chi connectivity index (χ4v) is 3.56. The summed E-state index contributed by atoms with van der Waals surface area (Å²) in [4.78, 5) is 14.6. The van der Waals surface area contributed by atoms with Crippen molar-refractivity contribution in [2.24, 2.45) is 5.92 Å². The van der Waals surface area contributed by atoms with E-state index in [1.807, 2.05) is 18.7 Å². The summed E-state index contributed by atoms with van der Waals surface area (Å²) in [6, 6.07) is 2.20. The number of hydrogen-bond donors (Lipinski definition) is 1. The minimum Gasteiger partial charge on any atom is -0.378 e. The summed E-state index contributed by atoms with van der Waals surface area (Å²) in [5, 5.41) is 2.80. The molecule has 2 atom stereocenters. The number of carbonyl (C=O) groups excluding carboxylic acids is 1. The number of amides is 1.